The lowest BCUT2D eigenvalue weighted by Gasteiger charge is -2.38. The largest absolute Gasteiger partial charge is 0.459 e. The van der Waals surface area contributed by atoms with Crippen molar-refractivity contribution in [2.75, 3.05) is 6.61 Å². The molecular formula is C16H30O3. The molecule has 19 heavy (non-hydrogen) atoms. The molecule has 1 aliphatic carbocycles. The topological polar surface area (TPSA) is 46.5 Å². The first-order chi connectivity index (χ1) is 8.76. The van der Waals surface area contributed by atoms with E-state index in [1.54, 1.807) is 0 Å². The van der Waals surface area contributed by atoms with Crippen LogP contribution in [-0.2, 0) is 9.53 Å². The first kappa shape index (κ1) is 16.5. The van der Waals surface area contributed by atoms with Gasteiger partial charge < -0.3 is 9.84 Å². The average molecular weight is 270 g/mol. The van der Waals surface area contributed by atoms with Crippen molar-refractivity contribution in [2.24, 2.45) is 17.3 Å². The number of aliphatic hydroxyl groups excluding tert-OH is 1. The van der Waals surface area contributed by atoms with E-state index in [1.165, 1.54) is 0 Å². The fourth-order valence-electron chi connectivity index (χ4n) is 3.15. The van der Waals surface area contributed by atoms with Crippen molar-refractivity contribution in [3.05, 3.63) is 0 Å². The van der Waals surface area contributed by atoms with Gasteiger partial charge in [-0.15, -0.1) is 0 Å². The van der Waals surface area contributed by atoms with Crippen molar-refractivity contribution < 1.29 is 14.6 Å². The molecule has 0 aliphatic heterocycles. The van der Waals surface area contributed by atoms with Crippen molar-refractivity contribution in [2.45, 2.75) is 72.3 Å². The summed E-state index contributed by atoms with van der Waals surface area (Å²) in [7, 11) is 0. The minimum atomic E-state index is -0.750. The molecule has 3 heteroatoms. The minimum Gasteiger partial charge on any atom is -0.459 e. The first-order valence-electron chi connectivity index (χ1n) is 7.60. The summed E-state index contributed by atoms with van der Waals surface area (Å²) < 4.78 is 5.82. The molecule has 0 aromatic carbocycles. The van der Waals surface area contributed by atoms with Crippen LogP contribution in [0.2, 0.25) is 0 Å². The summed E-state index contributed by atoms with van der Waals surface area (Å²) in [5, 5.41) is 9.82. The van der Waals surface area contributed by atoms with Crippen LogP contribution in [0.15, 0.2) is 0 Å². The Bertz CT molecular complexity index is 303. The molecule has 0 radical (unpaired) electrons. The Kier molecular flexibility index (Phi) is 5.43. The van der Waals surface area contributed by atoms with Gasteiger partial charge in [0.15, 0.2) is 0 Å². The van der Waals surface area contributed by atoms with Crippen LogP contribution in [0.4, 0.5) is 0 Å². The summed E-state index contributed by atoms with van der Waals surface area (Å²) >= 11 is 0. The fourth-order valence-corrected chi connectivity index (χ4v) is 3.15. The Morgan fingerprint density at radius 2 is 1.79 bits per heavy atom. The zero-order valence-electron chi connectivity index (χ0n) is 13.2. The Morgan fingerprint density at radius 3 is 2.16 bits per heavy atom. The van der Waals surface area contributed by atoms with E-state index in [-0.39, 0.29) is 24.1 Å². The maximum Gasteiger partial charge on any atom is 0.315 e. The first-order valence-corrected chi connectivity index (χ1v) is 7.60. The van der Waals surface area contributed by atoms with Crippen molar-refractivity contribution >= 4 is 5.97 Å². The molecule has 1 fully saturated rings. The van der Waals surface area contributed by atoms with Gasteiger partial charge in [-0.1, -0.05) is 27.7 Å². The molecule has 0 aromatic heterocycles. The molecule has 1 aliphatic rings. The van der Waals surface area contributed by atoms with Crippen LogP contribution in [-0.4, -0.2) is 23.3 Å². The number of aliphatic hydroxyl groups is 1. The van der Waals surface area contributed by atoms with Gasteiger partial charge in [-0.2, -0.15) is 0 Å². The molecule has 1 N–H and O–H groups in total. The van der Waals surface area contributed by atoms with Crippen LogP contribution in [0, 0.1) is 17.3 Å². The molecule has 1 rings (SSSR count). The Labute approximate surface area is 117 Å². The maximum atomic E-state index is 12.7. The molecular weight excluding hydrogens is 240 g/mol. The second-order valence-electron chi connectivity index (χ2n) is 7.11. The summed E-state index contributed by atoms with van der Waals surface area (Å²) in [5.41, 5.74) is -1.07. The predicted octanol–water partition coefficient (Wildman–Crippen LogP) is 3.54. The van der Waals surface area contributed by atoms with Crippen LogP contribution < -0.4 is 0 Å². The summed E-state index contributed by atoms with van der Waals surface area (Å²) in [6.45, 7) is 10.1. The number of carbonyl (C=O) groups is 1. The zero-order chi connectivity index (χ0) is 14.7. The molecule has 0 spiro atoms. The highest BCUT2D eigenvalue weighted by Crippen LogP contribution is 2.40. The molecule has 1 saturated carbocycles. The standard InChI is InChI=1S/C16H30O3/c1-12(2)10-16(11-17,13(3)4)14(18)19-15(5)8-6-7-9-15/h12-13,17H,6-11H2,1-5H3. The lowest BCUT2D eigenvalue weighted by molar-refractivity contribution is -0.178. The molecule has 112 valence electrons. The molecule has 0 aromatic rings. The normalized spacial score (nSPS) is 21.7. The van der Waals surface area contributed by atoms with Crippen LogP contribution in [0.5, 0.6) is 0 Å². The molecule has 1 unspecified atom stereocenters. The summed E-state index contributed by atoms with van der Waals surface area (Å²) in [6.07, 6.45) is 4.82. The molecule has 1 atom stereocenters. The Hall–Kier alpha value is -0.570. The van der Waals surface area contributed by atoms with Crippen molar-refractivity contribution in [3.63, 3.8) is 0 Å². The lowest BCUT2D eigenvalue weighted by atomic mass is 9.72. The second kappa shape index (κ2) is 6.25. The van der Waals surface area contributed by atoms with E-state index in [0.29, 0.717) is 12.3 Å². The van der Waals surface area contributed by atoms with E-state index in [0.717, 1.165) is 25.7 Å². The third-order valence-electron chi connectivity index (χ3n) is 4.57. The maximum absolute atomic E-state index is 12.7. The van der Waals surface area contributed by atoms with E-state index in [1.807, 2.05) is 20.8 Å². The van der Waals surface area contributed by atoms with Crippen LogP contribution in [0.25, 0.3) is 0 Å². The zero-order valence-corrected chi connectivity index (χ0v) is 13.2. The summed E-state index contributed by atoms with van der Waals surface area (Å²) in [4.78, 5) is 12.7. The van der Waals surface area contributed by atoms with E-state index in [9.17, 15) is 9.90 Å². The predicted molar refractivity (Wildman–Crippen MR) is 76.8 cm³/mol. The van der Waals surface area contributed by atoms with Gasteiger partial charge in [-0.25, -0.2) is 0 Å². The van der Waals surface area contributed by atoms with Gasteiger partial charge in [0.1, 0.15) is 5.60 Å². The van der Waals surface area contributed by atoms with Crippen LogP contribution in [0.1, 0.15) is 66.7 Å². The van der Waals surface area contributed by atoms with Crippen LogP contribution >= 0.6 is 0 Å². The molecule has 3 nitrogen and oxygen atoms in total. The SMILES string of the molecule is CC(C)CC(CO)(C(=O)OC1(C)CCCC1)C(C)C. The Balaban J connectivity index is 2.87. The average Bonchev–Trinajstić information content (AvgIpc) is 2.71. The summed E-state index contributed by atoms with van der Waals surface area (Å²) in [6, 6.07) is 0. The Morgan fingerprint density at radius 1 is 1.26 bits per heavy atom. The minimum absolute atomic E-state index is 0.0809. The van der Waals surface area contributed by atoms with Gasteiger partial charge in [0.05, 0.1) is 12.0 Å². The highest BCUT2D eigenvalue weighted by atomic mass is 16.6. The fraction of sp³-hybridized carbons (Fsp3) is 0.938. The monoisotopic (exact) mass is 270 g/mol. The molecule has 0 amide bonds. The molecule has 0 saturated heterocycles. The third kappa shape index (κ3) is 3.71. The number of esters is 1. The van der Waals surface area contributed by atoms with E-state index in [4.69, 9.17) is 4.74 Å². The van der Waals surface area contributed by atoms with Crippen LogP contribution in [0.3, 0.4) is 0 Å². The lowest BCUT2D eigenvalue weighted by Crippen LogP contribution is -2.45. The highest BCUT2D eigenvalue weighted by Gasteiger charge is 2.46. The van der Waals surface area contributed by atoms with Gasteiger partial charge >= 0.3 is 5.97 Å². The van der Waals surface area contributed by atoms with Crippen molar-refractivity contribution in [3.8, 4) is 0 Å². The van der Waals surface area contributed by atoms with Gasteiger partial charge in [-0.05, 0) is 50.9 Å². The number of hydrogen-bond donors (Lipinski definition) is 1. The molecule has 0 heterocycles. The van der Waals surface area contributed by atoms with E-state index < -0.39 is 5.41 Å². The number of hydrogen-bond acceptors (Lipinski definition) is 3. The van der Waals surface area contributed by atoms with Gasteiger partial charge in [0.2, 0.25) is 0 Å². The van der Waals surface area contributed by atoms with Crippen molar-refractivity contribution in [1.29, 1.82) is 0 Å². The van der Waals surface area contributed by atoms with Gasteiger partial charge in [0, 0.05) is 0 Å². The number of ether oxygens (including phenoxy) is 1. The van der Waals surface area contributed by atoms with Gasteiger partial charge in [-0.3, -0.25) is 4.79 Å². The highest BCUT2D eigenvalue weighted by molar-refractivity contribution is 5.78. The van der Waals surface area contributed by atoms with Gasteiger partial charge in [0.25, 0.3) is 0 Å². The quantitative estimate of drug-likeness (QED) is 0.751. The molecule has 0 bridgehead atoms. The van der Waals surface area contributed by atoms with E-state index >= 15 is 0 Å². The third-order valence-corrected chi connectivity index (χ3v) is 4.57. The number of rotatable bonds is 6. The van der Waals surface area contributed by atoms with Crippen molar-refractivity contribution in [1.82, 2.24) is 0 Å². The number of carbonyl (C=O) groups excluding carboxylic acids is 1. The van der Waals surface area contributed by atoms with E-state index in [2.05, 4.69) is 13.8 Å². The summed E-state index contributed by atoms with van der Waals surface area (Å²) in [5.74, 6) is 0.235. The smallest absolute Gasteiger partial charge is 0.315 e. The second-order valence-corrected chi connectivity index (χ2v) is 7.11.